The molecule has 0 saturated heterocycles. The Kier molecular flexibility index (Phi) is 9.19. The molecule has 0 radical (unpaired) electrons. The van der Waals surface area contributed by atoms with E-state index in [0.717, 1.165) is 35.7 Å². The lowest BCUT2D eigenvalue weighted by Gasteiger charge is -2.30. The smallest absolute Gasteiger partial charge is 0.268 e. The normalized spacial score (nSPS) is 13.6. The van der Waals surface area contributed by atoms with Crippen LogP contribution < -0.4 is 15.3 Å². The minimum atomic E-state index is -0.259. The zero-order chi connectivity index (χ0) is 26.2. The third-order valence-corrected chi connectivity index (χ3v) is 6.76. The SMILES string of the molecule is CCOC(=N)c1ccc(Oc2cc(OCc3cccc(Br)c3)cc(C(=O)N(N)C3CCCCC3)c2)cc1. The molecule has 37 heavy (non-hydrogen) atoms. The van der Waals surface area contributed by atoms with Gasteiger partial charge in [0.05, 0.1) is 6.61 Å². The molecule has 0 unspecified atom stereocenters. The topological polar surface area (TPSA) is 97.9 Å². The fraction of sp³-hybridized carbons (Fsp3) is 0.310. The minimum absolute atomic E-state index is 0.0325. The minimum Gasteiger partial charge on any atom is -0.489 e. The highest BCUT2D eigenvalue weighted by atomic mass is 79.9. The number of amides is 1. The zero-order valence-electron chi connectivity index (χ0n) is 20.9. The van der Waals surface area contributed by atoms with Crippen molar-refractivity contribution in [1.82, 2.24) is 5.01 Å². The van der Waals surface area contributed by atoms with E-state index in [1.54, 1.807) is 42.5 Å². The summed E-state index contributed by atoms with van der Waals surface area (Å²) in [7, 11) is 0. The highest BCUT2D eigenvalue weighted by Gasteiger charge is 2.25. The van der Waals surface area contributed by atoms with Crippen LogP contribution in [-0.4, -0.2) is 29.5 Å². The van der Waals surface area contributed by atoms with Crippen LogP contribution in [-0.2, 0) is 11.3 Å². The number of ether oxygens (including phenoxy) is 3. The lowest BCUT2D eigenvalue weighted by Crippen LogP contribution is -2.46. The standard InChI is InChI=1S/C29H32BrN3O4/c1-2-35-28(31)21-11-13-25(14-12-21)37-27-17-22(29(34)33(32)24-9-4-3-5-10-24)16-26(18-27)36-19-20-7-6-8-23(30)15-20/h6-8,11-18,24,31H,2-5,9-10,19,32H2,1H3. The maximum absolute atomic E-state index is 13.3. The van der Waals surface area contributed by atoms with Crippen molar-refractivity contribution in [2.45, 2.75) is 51.7 Å². The van der Waals surface area contributed by atoms with Gasteiger partial charge in [0, 0.05) is 27.7 Å². The van der Waals surface area contributed by atoms with E-state index in [1.807, 2.05) is 31.2 Å². The number of carbonyl (C=O) groups is 1. The quantitative estimate of drug-likeness (QED) is 0.0973. The van der Waals surface area contributed by atoms with E-state index in [0.29, 0.717) is 41.6 Å². The molecule has 0 spiro atoms. The van der Waals surface area contributed by atoms with Crippen molar-refractivity contribution in [2.24, 2.45) is 5.84 Å². The summed E-state index contributed by atoms with van der Waals surface area (Å²) in [6.07, 6.45) is 5.15. The van der Waals surface area contributed by atoms with Gasteiger partial charge in [0.15, 0.2) is 0 Å². The van der Waals surface area contributed by atoms with Crippen LogP contribution in [0.5, 0.6) is 17.2 Å². The maximum Gasteiger partial charge on any atom is 0.268 e. The molecule has 3 N–H and O–H groups in total. The van der Waals surface area contributed by atoms with Crippen LogP contribution in [0.4, 0.5) is 0 Å². The van der Waals surface area contributed by atoms with Gasteiger partial charge in [-0.3, -0.25) is 15.2 Å². The fourth-order valence-electron chi connectivity index (χ4n) is 4.34. The number of hydrogen-bond donors (Lipinski definition) is 2. The molecule has 8 heteroatoms. The Balaban J connectivity index is 1.57. The van der Waals surface area contributed by atoms with Crippen molar-refractivity contribution in [3.63, 3.8) is 0 Å². The van der Waals surface area contributed by atoms with Crippen molar-refractivity contribution in [3.05, 3.63) is 87.9 Å². The number of nitrogens with one attached hydrogen (secondary N) is 1. The largest absolute Gasteiger partial charge is 0.489 e. The molecular formula is C29H32BrN3O4. The Morgan fingerprint density at radius 1 is 0.973 bits per heavy atom. The van der Waals surface area contributed by atoms with Gasteiger partial charge in [-0.2, -0.15) is 0 Å². The zero-order valence-corrected chi connectivity index (χ0v) is 22.5. The molecule has 3 aromatic carbocycles. The number of nitrogens with two attached hydrogens (primary N) is 1. The third-order valence-electron chi connectivity index (χ3n) is 6.27. The van der Waals surface area contributed by atoms with Crippen LogP contribution in [0.1, 0.15) is 60.5 Å². The number of hydrazine groups is 1. The van der Waals surface area contributed by atoms with E-state index in [-0.39, 0.29) is 17.8 Å². The molecule has 3 aromatic rings. The lowest BCUT2D eigenvalue weighted by molar-refractivity contribution is 0.0633. The van der Waals surface area contributed by atoms with Gasteiger partial charge >= 0.3 is 0 Å². The average molecular weight is 566 g/mol. The summed E-state index contributed by atoms with van der Waals surface area (Å²) in [5.41, 5.74) is 2.05. The van der Waals surface area contributed by atoms with Crippen molar-refractivity contribution < 1.29 is 19.0 Å². The molecule has 0 aliphatic heterocycles. The second-order valence-electron chi connectivity index (χ2n) is 9.00. The highest BCUT2D eigenvalue weighted by molar-refractivity contribution is 9.10. The lowest BCUT2D eigenvalue weighted by atomic mass is 9.95. The summed E-state index contributed by atoms with van der Waals surface area (Å²) < 4.78 is 18.4. The predicted molar refractivity (Wildman–Crippen MR) is 147 cm³/mol. The molecular weight excluding hydrogens is 534 g/mol. The monoisotopic (exact) mass is 565 g/mol. The Hall–Kier alpha value is -3.36. The van der Waals surface area contributed by atoms with E-state index < -0.39 is 0 Å². The van der Waals surface area contributed by atoms with Gasteiger partial charge in [-0.05, 0) is 73.9 Å². The fourth-order valence-corrected chi connectivity index (χ4v) is 4.79. The Labute approximate surface area is 226 Å². The van der Waals surface area contributed by atoms with Crippen LogP contribution in [0.2, 0.25) is 0 Å². The van der Waals surface area contributed by atoms with Crippen molar-refractivity contribution in [2.75, 3.05) is 6.61 Å². The molecule has 0 atom stereocenters. The number of halogens is 1. The van der Waals surface area contributed by atoms with Crippen molar-refractivity contribution >= 4 is 27.7 Å². The summed E-state index contributed by atoms with van der Waals surface area (Å²) in [5, 5.41) is 9.31. The molecule has 1 aliphatic rings. The molecule has 1 saturated carbocycles. The van der Waals surface area contributed by atoms with Gasteiger partial charge in [0.25, 0.3) is 5.91 Å². The van der Waals surface area contributed by atoms with Crippen LogP contribution >= 0.6 is 15.9 Å². The molecule has 0 aromatic heterocycles. The van der Waals surface area contributed by atoms with Crippen LogP contribution in [0, 0.1) is 5.41 Å². The first-order valence-corrected chi connectivity index (χ1v) is 13.3. The second kappa shape index (κ2) is 12.7. The van der Waals surface area contributed by atoms with E-state index in [1.165, 1.54) is 11.4 Å². The van der Waals surface area contributed by atoms with E-state index in [4.69, 9.17) is 25.5 Å². The summed E-state index contributed by atoms with van der Waals surface area (Å²) >= 11 is 3.48. The van der Waals surface area contributed by atoms with Crippen molar-refractivity contribution in [3.8, 4) is 17.2 Å². The number of nitrogens with zero attached hydrogens (tertiary/aromatic N) is 1. The Morgan fingerprint density at radius 3 is 2.41 bits per heavy atom. The molecule has 7 nitrogen and oxygen atoms in total. The first kappa shape index (κ1) is 26.7. The van der Waals surface area contributed by atoms with Crippen molar-refractivity contribution in [1.29, 1.82) is 5.41 Å². The highest BCUT2D eigenvalue weighted by Crippen LogP contribution is 2.30. The Morgan fingerprint density at radius 2 is 1.70 bits per heavy atom. The van der Waals surface area contributed by atoms with Gasteiger partial charge in [0.1, 0.15) is 23.9 Å². The number of carbonyl (C=O) groups excluding carboxylic acids is 1. The van der Waals surface area contributed by atoms with Gasteiger partial charge in [-0.1, -0.05) is 47.3 Å². The summed E-state index contributed by atoms with van der Waals surface area (Å²) in [6.45, 7) is 2.60. The molecule has 0 bridgehead atoms. The van der Waals surface area contributed by atoms with Gasteiger partial charge in [-0.15, -0.1) is 0 Å². The van der Waals surface area contributed by atoms with E-state index in [2.05, 4.69) is 15.9 Å². The number of rotatable bonds is 9. The van der Waals surface area contributed by atoms with Crippen LogP contribution in [0.15, 0.2) is 71.2 Å². The van der Waals surface area contributed by atoms with E-state index >= 15 is 0 Å². The van der Waals surface area contributed by atoms with Gasteiger partial charge in [-0.25, -0.2) is 5.84 Å². The molecule has 1 aliphatic carbocycles. The number of hydrogen-bond acceptors (Lipinski definition) is 6. The second-order valence-corrected chi connectivity index (χ2v) is 9.92. The first-order valence-electron chi connectivity index (χ1n) is 12.5. The Bertz CT molecular complexity index is 1230. The summed E-state index contributed by atoms with van der Waals surface area (Å²) in [5.74, 6) is 7.67. The van der Waals surface area contributed by atoms with Crippen LogP contribution in [0.3, 0.4) is 0 Å². The third kappa shape index (κ3) is 7.33. The molecule has 4 rings (SSSR count). The molecule has 194 valence electrons. The number of benzene rings is 3. The van der Waals surface area contributed by atoms with Crippen LogP contribution in [0.25, 0.3) is 0 Å². The average Bonchev–Trinajstić information content (AvgIpc) is 2.92. The summed E-state index contributed by atoms with van der Waals surface area (Å²) in [6, 6.07) is 20.1. The molecule has 1 amide bonds. The predicted octanol–water partition coefficient (Wildman–Crippen LogP) is 6.83. The maximum atomic E-state index is 13.3. The molecule has 1 fully saturated rings. The van der Waals surface area contributed by atoms with Gasteiger partial charge in [0.2, 0.25) is 5.90 Å². The van der Waals surface area contributed by atoms with Gasteiger partial charge < -0.3 is 14.2 Å². The van der Waals surface area contributed by atoms with E-state index in [9.17, 15) is 4.79 Å². The molecule has 0 heterocycles. The first-order chi connectivity index (χ1) is 17.9. The summed E-state index contributed by atoms with van der Waals surface area (Å²) in [4.78, 5) is 13.3.